The predicted octanol–water partition coefficient (Wildman–Crippen LogP) is -1.77. The lowest BCUT2D eigenvalue weighted by Gasteiger charge is -2.38. The molecule has 0 spiro atoms. The molecule has 3 aliphatic heterocycles. The first-order valence-corrected chi connectivity index (χ1v) is 44.8. The van der Waals surface area contributed by atoms with Crippen LogP contribution in [-0.4, -0.2) is 300 Å². The standard InChI is InChI=1S/C91H116F2N18O21S/c1-7-8-25-69-90(131)111-46-57(114)40-72(111)86(127)103-65(42-77(118)119)83(124)106-78(49(2)3)91(132)108(5)70(36-50-18-11-9-12-19-50)84(125)104-67(41-74(95)115)88(129)110-45-56(113)39-71(110)85(126)102-64(38-54-43-97-61-23-16-15-22-58(54)61)82(123)101-63(34-52-26-29-55(112)30-27-52)81(122)100-62(24-17-32-94)80(121)105-68(79(120)98-44-75(96)116)47-133-48-76(117)99-66(35-53-28-31-59(92)60(93)33-53)87(128)109(6)73(89(130)107(69)4)37-51-20-13-10-14-21-51/h9-16,18-23,26-31,33,43,49,56-57,62-73,78,97,112-114H,7-8,17,24-25,32,34-42,44-48,94H2,1-6H3,(H2,95,115)(H2,96,116)(H,98,120)(H,99,117)(H,100,122)(H,101,123)(H,102,126)(H,103,127)(H,104,125)(H,105,121)(H,106,124)(H,118,119)/t56-,57-,62+,63+,64+,65+,66+,67+,68+,69+,70+,71-,72-,73+,78+/m1/s1. The van der Waals surface area contributed by atoms with E-state index in [1.807, 2.05) is 0 Å². The summed E-state index contributed by atoms with van der Waals surface area (Å²) in [6.45, 7) is 2.71. The van der Waals surface area contributed by atoms with E-state index in [-0.39, 0.29) is 62.8 Å². The number of nitrogens with zero attached hydrogens (tertiary/aromatic N) is 5. The Hall–Kier alpha value is -13.5. The van der Waals surface area contributed by atoms with Crippen LogP contribution < -0.4 is 65.1 Å². The summed E-state index contributed by atoms with van der Waals surface area (Å²) in [6, 6.07) is 8.79. The van der Waals surface area contributed by atoms with Crippen molar-refractivity contribution in [1.29, 1.82) is 0 Å². The summed E-state index contributed by atoms with van der Waals surface area (Å²) in [4.78, 5) is 258. The minimum absolute atomic E-state index is 0.0154. The first kappa shape index (κ1) is 103. The van der Waals surface area contributed by atoms with Gasteiger partial charge < -0.3 is 115 Å². The lowest BCUT2D eigenvalue weighted by molar-refractivity contribution is -0.152. The highest BCUT2D eigenvalue weighted by Crippen LogP contribution is 2.29. The van der Waals surface area contributed by atoms with Gasteiger partial charge >= 0.3 is 5.97 Å². The van der Waals surface area contributed by atoms with Gasteiger partial charge in [-0.1, -0.05) is 131 Å². The number of phenolic OH excluding ortho intramolecular Hbond substituents is 1. The molecule has 3 saturated heterocycles. The van der Waals surface area contributed by atoms with Crippen LogP contribution in [0, 0.1) is 17.6 Å². The van der Waals surface area contributed by atoms with E-state index in [0.29, 0.717) is 51.3 Å². The second kappa shape index (κ2) is 48.6. The van der Waals surface area contributed by atoms with Gasteiger partial charge in [-0.25, -0.2) is 8.78 Å². The fourth-order valence-corrected chi connectivity index (χ4v) is 17.0. The average Bonchev–Trinajstić information content (AvgIpc) is 1.74. The van der Waals surface area contributed by atoms with E-state index < -0.39 is 278 Å². The molecule has 3 fully saturated rings. The van der Waals surface area contributed by atoms with Gasteiger partial charge in [0.05, 0.1) is 37.3 Å². The largest absolute Gasteiger partial charge is 0.508 e. The maximum atomic E-state index is 15.7. The van der Waals surface area contributed by atoms with Crippen LogP contribution >= 0.6 is 11.8 Å². The number of para-hydroxylation sites is 1. The smallest absolute Gasteiger partial charge is 0.305 e. The SMILES string of the molecule is CCCC[C@H]1C(=O)N2C[C@H](O)C[C@@H]2C(=O)N[C@@H](CC(=O)O)C(=O)N[C@@H](C(C)C)C(=O)N(C)[C@@H](Cc2ccccc2)C(=O)N[C@@H](CC(N)=O)C(=O)N2C[C@H](O)C[C@@H]2C(=O)N[C@@H](Cc2c[nH]c3ccccc23)C(=O)N[C@@H](Cc2ccc(O)cc2)C(=O)N[C@@H](CCCN)C(=O)N[C@H](C(=O)NCC(N)=O)CSCC(=O)N[C@@H](Cc2ccc(F)c(F)c2)C(=O)N(C)[C@@H](Cc2ccccc2)C(=O)N1C. The summed E-state index contributed by atoms with van der Waals surface area (Å²) < 4.78 is 29.8. The van der Waals surface area contributed by atoms with Crippen molar-refractivity contribution in [2.45, 2.75) is 201 Å². The number of fused-ring (bicyclic) bond motifs is 3. The molecule has 42 heteroatoms. The minimum Gasteiger partial charge on any atom is -0.508 e. The van der Waals surface area contributed by atoms with Gasteiger partial charge in [0.1, 0.15) is 84.3 Å². The summed E-state index contributed by atoms with van der Waals surface area (Å²) >= 11 is 0.683. The number of aromatic nitrogens is 1. The van der Waals surface area contributed by atoms with Gasteiger partial charge in [-0.05, 0) is 89.9 Å². The second-order valence-corrected chi connectivity index (χ2v) is 34.7. The van der Waals surface area contributed by atoms with Crippen LogP contribution in [0.1, 0.15) is 106 Å². The van der Waals surface area contributed by atoms with Crippen molar-refractivity contribution < 1.29 is 111 Å². The minimum atomic E-state index is -2.06. The molecule has 15 atom stereocenters. The maximum absolute atomic E-state index is 15.7. The van der Waals surface area contributed by atoms with Crippen molar-refractivity contribution in [3.05, 3.63) is 173 Å². The number of aliphatic hydroxyl groups is 2. The highest BCUT2D eigenvalue weighted by atomic mass is 32.2. The third-order valence-electron chi connectivity index (χ3n) is 23.4. The zero-order chi connectivity index (χ0) is 97.2. The Morgan fingerprint density at radius 2 is 1.02 bits per heavy atom. The quantitative estimate of drug-likeness (QED) is 0.0319. The van der Waals surface area contributed by atoms with Gasteiger partial charge in [-0.3, -0.25) is 81.5 Å². The number of benzene rings is 5. The highest BCUT2D eigenvalue weighted by Gasteiger charge is 2.48. The third kappa shape index (κ3) is 28.8. The van der Waals surface area contributed by atoms with Crippen molar-refractivity contribution in [3.8, 4) is 5.75 Å². The first-order valence-electron chi connectivity index (χ1n) is 43.6. The number of aromatic amines is 1. The molecular weight excluding hydrogens is 1750 g/mol. The van der Waals surface area contributed by atoms with Crippen LogP contribution in [0.25, 0.3) is 10.9 Å². The van der Waals surface area contributed by atoms with E-state index >= 15 is 47.5 Å². The van der Waals surface area contributed by atoms with Crippen LogP contribution in [0.2, 0.25) is 0 Å². The number of carboxylic acids is 1. The van der Waals surface area contributed by atoms with Gasteiger partial charge in [0, 0.05) is 102 Å². The molecule has 6 aromatic rings. The number of nitrogens with two attached hydrogens (primary N) is 3. The van der Waals surface area contributed by atoms with Crippen LogP contribution in [0.3, 0.4) is 0 Å². The molecular formula is C91H116F2N18O21S. The number of H-pyrrole nitrogens is 1. The van der Waals surface area contributed by atoms with Crippen molar-refractivity contribution in [2.75, 3.05) is 58.8 Å². The van der Waals surface area contributed by atoms with Crippen molar-refractivity contribution in [2.24, 2.45) is 23.1 Å². The molecule has 3 aliphatic rings. The number of rotatable bonds is 24. The van der Waals surface area contributed by atoms with Gasteiger partial charge in [0.25, 0.3) is 0 Å². The zero-order valence-corrected chi connectivity index (χ0v) is 75.3. The number of aliphatic carboxylic acids is 1. The molecule has 0 saturated carbocycles. The normalized spacial score (nSPS) is 24.6. The number of hydrogen-bond acceptors (Lipinski definition) is 22. The van der Waals surface area contributed by atoms with Crippen LogP contribution in [0.5, 0.6) is 5.75 Å². The Bertz CT molecular complexity index is 5200. The summed E-state index contributed by atoms with van der Waals surface area (Å²) in [7, 11) is 3.65. The maximum Gasteiger partial charge on any atom is 0.305 e. The molecule has 9 rings (SSSR count). The number of halogens is 2. The molecule has 0 radical (unpaired) electrons. The van der Waals surface area contributed by atoms with Gasteiger partial charge in [-0.15, -0.1) is 11.8 Å². The number of carbonyl (C=O) groups is 17. The molecule has 0 aliphatic carbocycles. The number of carboxylic acid groups (broad SMARTS) is 1. The Labute approximate surface area is 769 Å². The molecule has 1 aromatic heterocycles. The molecule has 0 bridgehead atoms. The number of carbonyl (C=O) groups excluding carboxylic acids is 16. The Morgan fingerprint density at radius 1 is 0.504 bits per heavy atom. The Morgan fingerprint density at radius 3 is 1.61 bits per heavy atom. The number of thioether (sulfide) groups is 1. The lowest BCUT2D eigenvalue weighted by Crippen LogP contribution is -2.62. The number of primary amides is 2. The summed E-state index contributed by atoms with van der Waals surface area (Å²) in [5.41, 5.74) is 19.4. The lowest BCUT2D eigenvalue weighted by atomic mass is 9.98. The molecule has 133 heavy (non-hydrogen) atoms. The molecule has 4 heterocycles. The molecule has 0 unspecified atom stereocenters. The number of aromatic hydroxyl groups is 1. The number of phenols is 1. The predicted molar refractivity (Wildman–Crippen MR) is 480 cm³/mol. The molecule has 16 amide bonds. The van der Waals surface area contributed by atoms with Crippen molar-refractivity contribution in [3.63, 3.8) is 0 Å². The van der Waals surface area contributed by atoms with Crippen LogP contribution in [0.4, 0.5) is 8.78 Å². The number of nitrogens with one attached hydrogen (secondary N) is 10. The van der Waals surface area contributed by atoms with E-state index in [4.69, 9.17) is 17.2 Å². The summed E-state index contributed by atoms with van der Waals surface area (Å²) in [5, 5.41) is 67.1. The second-order valence-electron chi connectivity index (χ2n) is 33.7. The molecule has 5 aromatic carbocycles. The van der Waals surface area contributed by atoms with Crippen molar-refractivity contribution >= 4 is 123 Å². The van der Waals surface area contributed by atoms with E-state index in [0.717, 1.165) is 42.7 Å². The van der Waals surface area contributed by atoms with E-state index in [1.165, 1.54) is 59.3 Å². The topological polar surface area (TPSA) is 589 Å². The number of aliphatic hydroxyl groups excluding tert-OH is 2. The Balaban J connectivity index is 1.14. The van der Waals surface area contributed by atoms with E-state index in [9.17, 15) is 63.2 Å². The van der Waals surface area contributed by atoms with Gasteiger partial charge in [-0.2, -0.15) is 0 Å². The number of unbranched alkanes of at least 4 members (excludes halogenated alkanes) is 1. The zero-order valence-electron chi connectivity index (χ0n) is 74.4. The van der Waals surface area contributed by atoms with Crippen LogP contribution in [0.15, 0.2) is 134 Å². The fraction of sp³-hybridized carbons (Fsp3) is 0.462. The fourth-order valence-electron chi connectivity index (χ4n) is 16.2. The molecule has 39 nitrogen and oxygen atoms in total. The van der Waals surface area contributed by atoms with Gasteiger partial charge in [0.2, 0.25) is 94.5 Å². The Kier molecular flexibility index (Phi) is 37.7. The number of likely N-dealkylation sites (N-methyl/N-ethyl adjacent to an activating group) is 3. The summed E-state index contributed by atoms with van der Waals surface area (Å²) in [6.07, 6.45) is -6.20. The highest BCUT2D eigenvalue weighted by molar-refractivity contribution is 8.00. The average molecular weight is 1870 g/mol. The first-order chi connectivity index (χ1) is 63.2. The number of hydrogen-bond donors (Lipinski definition) is 17. The third-order valence-corrected chi connectivity index (χ3v) is 24.4. The van der Waals surface area contributed by atoms with E-state index in [2.05, 4.69) is 52.8 Å². The molecule has 716 valence electrons. The van der Waals surface area contributed by atoms with Crippen molar-refractivity contribution in [1.82, 2.24) is 77.3 Å². The molecule has 20 N–H and O–H groups in total. The van der Waals surface area contributed by atoms with Crippen LogP contribution in [-0.2, 0) is 114 Å². The van der Waals surface area contributed by atoms with Gasteiger partial charge in [0.15, 0.2) is 11.6 Å². The summed E-state index contributed by atoms with van der Waals surface area (Å²) in [5.74, 6) is -23.7. The monoisotopic (exact) mass is 1870 g/mol. The van der Waals surface area contributed by atoms with E-state index in [1.54, 1.807) is 98.0 Å². The number of amides is 16.